The maximum atomic E-state index is 14.1. The minimum atomic E-state index is -1.22. The molecule has 2 aromatic heterocycles. The maximum absolute atomic E-state index is 14.1. The Morgan fingerprint density at radius 2 is 1.90 bits per heavy atom. The molecule has 208 valence electrons. The number of carbonyl (C=O) groups excluding carboxylic acids is 2. The highest BCUT2D eigenvalue weighted by Gasteiger charge is 2.54. The minimum absolute atomic E-state index is 0.146. The minimum Gasteiger partial charge on any atom is -0.503 e. The van der Waals surface area contributed by atoms with E-state index >= 15 is 0 Å². The van der Waals surface area contributed by atoms with Gasteiger partial charge in [0.1, 0.15) is 35.7 Å². The Morgan fingerprint density at radius 3 is 2.60 bits per heavy atom. The highest BCUT2D eigenvalue weighted by Crippen LogP contribution is 2.46. The van der Waals surface area contributed by atoms with Crippen LogP contribution in [0.3, 0.4) is 0 Å². The SMILES string of the molecule is C[C@H]1CC[C@]2(CC(n3cnnc3)=NO2)[C@H]2CN1C(=O)c1c(O)c(=O)c(C(=O)NCc3c(F)cc(F)cc3F)cn12. The van der Waals surface area contributed by atoms with E-state index in [4.69, 9.17) is 4.84 Å². The number of rotatable bonds is 3. The van der Waals surface area contributed by atoms with Gasteiger partial charge in [0, 0.05) is 43.0 Å². The average Bonchev–Trinajstić information content (AvgIpc) is 3.57. The van der Waals surface area contributed by atoms with Gasteiger partial charge in [-0.25, -0.2) is 13.2 Å². The van der Waals surface area contributed by atoms with Crippen molar-refractivity contribution in [3.05, 3.63) is 75.5 Å². The highest BCUT2D eigenvalue weighted by atomic mass is 19.1. The van der Waals surface area contributed by atoms with Crippen LogP contribution in [0.15, 0.2) is 40.9 Å². The third-order valence-electron chi connectivity index (χ3n) is 7.79. The van der Waals surface area contributed by atoms with Crippen LogP contribution in [0.5, 0.6) is 5.75 Å². The number of halogens is 3. The van der Waals surface area contributed by atoms with Gasteiger partial charge in [-0.3, -0.25) is 19.0 Å². The van der Waals surface area contributed by atoms with E-state index in [1.807, 2.05) is 6.92 Å². The molecule has 40 heavy (non-hydrogen) atoms. The molecule has 3 aromatic rings. The number of pyridine rings is 1. The molecule has 2 bridgehead atoms. The molecule has 2 amide bonds. The van der Waals surface area contributed by atoms with Crippen molar-refractivity contribution in [1.29, 1.82) is 0 Å². The quantitative estimate of drug-likeness (QED) is 0.499. The molecule has 3 aliphatic rings. The fraction of sp³-hybridized carbons (Fsp3) is 0.360. The fourth-order valence-corrected chi connectivity index (χ4v) is 5.57. The van der Waals surface area contributed by atoms with Gasteiger partial charge in [-0.2, -0.15) is 0 Å². The van der Waals surface area contributed by atoms with Crippen molar-refractivity contribution in [2.24, 2.45) is 5.16 Å². The van der Waals surface area contributed by atoms with Crippen LogP contribution in [0.1, 0.15) is 58.6 Å². The van der Waals surface area contributed by atoms with Gasteiger partial charge >= 0.3 is 0 Å². The van der Waals surface area contributed by atoms with Gasteiger partial charge in [0.2, 0.25) is 5.43 Å². The van der Waals surface area contributed by atoms with Crippen LogP contribution in [0.2, 0.25) is 0 Å². The monoisotopic (exact) mass is 557 g/mol. The van der Waals surface area contributed by atoms with Crippen LogP contribution in [0.25, 0.3) is 0 Å². The lowest BCUT2D eigenvalue weighted by Gasteiger charge is -2.41. The van der Waals surface area contributed by atoms with Crippen molar-refractivity contribution in [3.8, 4) is 5.75 Å². The summed E-state index contributed by atoms with van der Waals surface area (Å²) in [4.78, 5) is 47.1. The Labute approximate surface area is 223 Å². The normalized spacial score (nSPS) is 23.4. The molecule has 1 spiro atoms. The summed E-state index contributed by atoms with van der Waals surface area (Å²) in [5.74, 6) is -5.63. The summed E-state index contributed by atoms with van der Waals surface area (Å²) in [6.45, 7) is 1.30. The third-order valence-corrected chi connectivity index (χ3v) is 7.79. The van der Waals surface area contributed by atoms with Crippen LogP contribution in [-0.2, 0) is 11.4 Å². The molecule has 6 rings (SSSR count). The van der Waals surface area contributed by atoms with Gasteiger partial charge in [0.25, 0.3) is 11.8 Å². The number of aromatic hydroxyl groups is 1. The van der Waals surface area contributed by atoms with Gasteiger partial charge < -0.3 is 24.7 Å². The lowest BCUT2D eigenvalue weighted by Crippen LogP contribution is -2.52. The molecular formula is C25H22F3N7O5. The summed E-state index contributed by atoms with van der Waals surface area (Å²) in [5, 5.41) is 24.9. The predicted octanol–water partition coefficient (Wildman–Crippen LogP) is 1.69. The van der Waals surface area contributed by atoms with Crippen LogP contribution in [-0.4, -0.2) is 65.2 Å². The molecule has 0 aliphatic carbocycles. The molecule has 15 heteroatoms. The lowest BCUT2D eigenvalue weighted by atomic mass is 9.85. The largest absolute Gasteiger partial charge is 0.503 e. The summed E-state index contributed by atoms with van der Waals surface area (Å²) in [7, 11) is 0. The number of aromatic nitrogens is 4. The van der Waals surface area contributed by atoms with E-state index in [0.29, 0.717) is 30.8 Å². The number of hydrogen-bond acceptors (Lipinski definition) is 8. The molecule has 0 saturated carbocycles. The second kappa shape index (κ2) is 9.20. The number of oxime groups is 1. The third kappa shape index (κ3) is 3.91. The zero-order valence-corrected chi connectivity index (χ0v) is 21.0. The van der Waals surface area contributed by atoms with Gasteiger partial charge in [-0.05, 0) is 19.8 Å². The molecule has 2 N–H and O–H groups in total. The van der Waals surface area contributed by atoms with Crippen LogP contribution in [0, 0.1) is 17.5 Å². The Hall–Kier alpha value is -4.69. The van der Waals surface area contributed by atoms with E-state index in [-0.39, 0.29) is 24.7 Å². The Bertz CT molecular complexity index is 1620. The van der Waals surface area contributed by atoms with Crippen molar-refractivity contribution >= 4 is 17.6 Å². The van der Waals surface area contributed by atoms with Crippen molar-refractivity contribution in [3.63, 3.8) is 0 Å². The number of nitrogens with one attached hydrogen (secondary N) is 1. The number of fused-ring (bicyclic) bond motifs is 5. The van der Waals surface area contributed by atoms with Gasteiger partial charge in [-0.1, -0.05) is 5.16 Å². The number of hydrogen-bond donors (Lipinski definition) is 2. The number of amides is 2. The van der Waals surface area contributed by atoms with Crippen molar-refractivity contribution in [2.45, 2.75) is 50.4 Å². The summed E-state index contributed by atoms with van der Waals surface area (Å²) >= 11 is 0. The maximum Gasteiger partial charge on any atom is 0.274 e. The summed E-state index contributed by atoms with van der Waals surface area (Å²) in [6.07, 6.45) is 5.33. The highest BCUT2D eigenvalue weighted by molar-refractivity contribution is 5.99. The fourth-order valence-electron chi connectivity index (χ4n) is 5.57. The average molecular weight is 557 g/mol. The van der Waals surface area contributed by atoms with Crippen molar-refractivity contribution in [1.82, 2.24) is 29.5 Å². The summed E-state index contributed by atoms with van der Waals surface area (Å²) < 4.78 is 44.3. The molecule has 1 saturated heterocycles. The van der Waals surface area contributed by atoms with Crippen molar-refractivity contribution < 1.29 is 32.7 Å². The standard InChI is InChI=1S/C25H22F3N7O5/c1-12-2-3-25(6-19(32-40-25)33-10-30-31-11-33)18-9-34(12)24(39)20-22(37)21(36)15(8-35(18)20)23(38)29-7-14-16(27)4-13(26)5-17(14)28/h4-5,8,10-12,18,37H,2-3,6-7,9H2,1H3,(H,29,38)/t12-,18+,25-/m0/s1. The second-order valence-electron chi connectivity index (χ2n) is 10.1. The van der Waals surface area contributed by atoms with E-state index in [1.54, 1.807) is 9.47 Å². The summed E-state index contributed by atoms with van der Waals surface area (Å²) in [6, 6.07) is 0.00838. The molecule has 1 fully saturated rings. The van der Waals surface area contributed by atoms with Gasteiger partial charge in [0.15, 0.2) is 22.9 Å². The first-order valence-electron chi connectivity index (χ1n) is 12.4. The van der Waals surface area contributed by atoms with E-state index in [9.17, 15) is 32.7 Å². The number of carbonyl (C=O) groups is 2. The van der Waals surface area contributed by atoms with Crippen molar-refractivity contribution in [2.75, 3.05) is 6.54 Å². The smallest absolute Gasteiger partial charge is 0.274 e. The van der Waals surface area contributed by atoms with E-state index < -0.39 is 69.8 Å². The molecule has 0 unspecified atom stereocenters. The summed E-state index contributed by atoms with van der Waals surface area (Å²) in [5.41, 5.74) is -3.61. The first-order chi connectivity index (χ1) is 19.1. The van der Waals surface area contributed by atoms with Crippen LogP contribution >= 0.6 is 0 Å². The molecule has 5 heterocycles. The van der Waals surface area contributed by atoms with Crippen LogP contribution in [0.4, 0.5) is 13.2 Å². The molecule has 0 radical (unpaired) electrons. The first-order valence-corrected chi connectivity index (χ1v) is 12.4. The Kier molecular flexibility index (Phi) is 5.89. The lowest BCUT2D eigenvalue weighted by molar-refractivity contribution is -0.0655. The zero-order chi connectivity index (χ0) is 28.3. The molecule has 3 aliphatic heterocycles. The molecule has 1 aromatic carbocycles. The van der Waals surface area contributed by atoms with E-state index in [0.717, 1.165) is 6.20 Å². The van der Waals surface area contributed by atoms with Gasteiger partial charge in [-0.15, -0.1) is 10.2 Å². The Balaban J connectivity index is 1.39. The second-order valence-corrected chi connectivity index (χ2v) is 10.1. The molecule has 12 nitrogen and oxygen atoms in total. The number of nitrogens with zero attached hydrogens (tertiary/aromatic N) is 6. The predicted molar refractivity (Wildman–Crippen MR) is 130 cm³/mol. The zero-order valence-electron chi connectivity index (χ0n) is 21.0. The number of benzene rings is 1. The first kappa shape index (κ1) is 25.6. The Morgan fingerprint density at radius 1 is 1.20 bits per heavy atom. The van der Waals surface area contributed by atoms with Crippen LogP contribution < -0.4 is 10.7 Å². The van der Waals surface area contributed by atoms with Gasteiger partial charge in [0.05, 0.1) is 12.5 Å². The molecule has 3 atom stereocenters. The molecular weight excluding hydrogens is 535 g/mol. The van der Waals surface area contributed by atoms with E-state index in [2.05, 4.69) is 20.7 Å². The topological polar surface area (TPSA) is 144 Å². The van der Waals surface area contributed by atoms with E-state index in [1.165, 1.54) is 17.2 Å².